The van der Waals surface area contributed by atoms with E-state index in [1.165, 1.54) is 22.6 Å². The van der Waals surface area contributed by atoms with Crippen molar-refractivity contribution in [3.05, 3.63) is 18.3 Å². The third-order valence-corrected chi connectivity index (χ3v) is 5.30. The Morgan fingerprint density at radius 3 is 2.56 bits per heavy atom. The molecule has 1 aromatic heterocycles. The Hall–Kier alpha value is -1.18. The normalized spacial score (nSPS) is 25.3. The van der Waals surface area contributed by atoms with E-state index in [1.807, 2.05) is 0 Å². The Morgan fingerprint density at radius 1 is 1.39 bits per heavy atom. The summed E-state index contributed by atoms with van der Waals surface area (Å²) in [5.41, 5.74) is 2.35. The summed E-state index contributed by atoms with van der Waals surface area (Å²) in [6.45, 7) is 5.27. The number of aromatic nitrogens is 1. The maximum Gasteiger partial charge on any atom is 0.243 e. The lowest BCUT2D eigenvalue weighted by molar-refractivity contribution is 0.463. The molecule has 1 aliphatic rings. The van der Waals surface area contributed by atoms with Gasteiger partial charge in [0.25, 0.3) is 0 Å². The lowest BCUT2D eigenvalue weighted by atomic mass is 10.0. The van der Waals surface area contributed by atoms with Crippen molar-refractivity contribution < 1.29 is 8.42 Å². The van der Waals surface area contributed by atoms with Gasteiger partial charge in [-0.05, 0) is 17.9 Å². The van der Waals surface area contributed by atoms with Gasteiger partial charge in [0.2, 0.25) is 10.0 Å². The highest BCUT2D eigenvalue weighted by atomic mass is 32.2. The summed E-state index contributed by atoms with van der Waals surface area (Å²) in [5, 5.41) is 0. The molecule has 1 aromatic rings. The summed E-state index contributed by atoms with van der Waals surface area (Å²) >= 11 is 0. The van der Waals surface area contributed by atoms with Gasteiger partial charge in [0.05, 0.1) is 4.90 Å². The lowest BCUT2D eigenvalue weighted by Crippen LogP contribution is -2.29. The summed E-state index contributed by atoms with van der Waals surface area (Å²) in [4.78, 5) is 4.14. The van der Waals surface area contributed by atoms with E-state index in [-0.39, 0.29) is 4.90 Å². The van der Waals surface area contributed by atoms with Crippen molar-refractivity contribution in [1.29, 1.82) is 0 Å². The molecule has 2 heterocycles. The van der Waals surface area contributed by atoms with Crippen molar-refractivity contribution in [3.63, 3.8) is 0 Å². The molecule has 6 nitrogen and oxygen atoms in total. The zero-order valence-corrected chi connectivity index (χ0v) is 11.3. The average Bonchev–Trinajstić information content (AvgIpc) is 2.70. The standard InChI is InChI=1S/C11H18N4O2S/c1-8-6-15(7-9(8)2)18(16,17)10-3-4-13-11(5-10)14-12/h3-5,8-9H,6-7,12H2,1-2H3,(H,13,14). The zero-order valence-electron chi connectivity index (χ0n) is 10.5. The third kappa shape index (κ3) is 2.33. The highest BCUT2D eigenvalue weighted by Gasteiger charge is 2.34. The first kappa shape index (κ1) is 13.3. The number of nitrogens with one attached hydrogen (secondary N) is 1. The number of hydrazine groups is 1. The van der Waals surface area contributed by atoms with Gasteiger partial charge in [0.15, 0.2) is 0 Å². The maximum atomic E-state index is 12.4. The number of hydrogen-bond donors (Lipinski definition) is 2. The minimum atomic E-state index is -3.44. The van der Waals surface area contributed by atoms with Gasteiger partial charge >= 0.3 is 0 Å². The van der Waals surface area contributed by atoms with E-state index in [1.54, 1.807) is 0 Å². The van der Waals surface area contributed by atoms with Crippen molar-refractivity contribution >= 4 is 15.8 Å². The quantitative estimate of drug-likeness (QED) is 0.621. The molecule has 2 unspecified atom stereocenters. The first-order valence-electron chi connectivity index (χ1n) is 5.88. The number of nitrogen functional groups attached to an aromatic ring is 1. The van der Waals surface area contributed by atoms with Crippen LogP contribution in [0.2, 0.25) is 0 Å². The van der Waals surface area contributed by atoms with Gasteiger partial charge in [0.1, 0.15) is 5.82 Å². The number of pyridine rings is 1. The predicted octanol–water partition coefficient (Wildman–Crippen LogP) is 0.644. The Labute approximate surface area is 107 Å². The van der Waals surface area contributed by atoms with Gasteiger partial charge in [-0.15, -0.1) is 0 Å². The van der Waals surface area contributed by atoms with Gasteiger partial charge in [0, 0.05) is 25.4 Å². The van der Waals surface area contributed by atoms with Crippen LogP contribution >= 0.6 is 0 Å². The molecule has 1 aliphatic heterocycles. The van der Waals surface area contributed by atoms with Crippen LogP contribution < -0.4 is 11.3 Å². The van der Waals surface area contributed by atoms with Gasteiger partial charge in [-0.3, -0.25) is 0 Å². The number of nitrogens with zero attached hydrogens (tertiary/aromatic N) is 2. The highest BCUT2D eigenvalue weighted by Crippen LogP contribution is 2.28. The SMILES string of the molecule is CC1CN(S(=O)(=O)c2ccnc(NN)c2)CC1C. The van der Waals surface area contributed by atoms with E-state index in [4.69, 9.17) is 5.84 Å². The molecule has 0 aliphatic carbocycles. The molecular weight excluding hydrogens is 252 g/mol. The molecule has 0 aromatic carbocycles. The number of sulfonamides is 1. The van der Waals surface area contributed by atoms with Crippen molar-refractivity contribution in [2.75, 3.05) is 18.5 Å². The van der Waals surface area contributed by atoms with Crippen molar-refractivity contribution in [2.45, 2.75) is 18.7 Å². The van der Waals surface area contributed by atoms with Crippen LogP contribution in [0.15, 0.2) is 23.2 Å². The topological polar surface area (TPSA) is 88.3 Å². The van der Waals surface area contributed by atoms with Gasteiger partial charge in [-0.25, -0.2) is 19.2 Å². The zero-order chi connectivity index (χ0) is 13.3. The second-order valence-electron chi connectivity index (χ2n) is 4.80. The first-order valence-corrected chi connectivity index (χ1v) is 7.32. The van der Waals surface area contributed by atoms with E-state index in [0.29, 0.717) is 30.7 Å². The second kappa shape index (κ2) is 4.83. The van der Waals surface area contributed by atoms with Crippen LogP contribution in [-0.2, 0) is 10.0 Å². The molecule has 2 rings (SSSR count). The molecule has 1 saturated heterocycles. The van der Waals surface area contributed by atoms with Crippen molar-refractivity contribution in [3.8, 4) is 0 Å². The van der Waals surface area contributed by atoms with E-state index in [2.05, 4.69) is 24.3 Å². The monoisotopic (exact) mass is 270 g/mol. The predicted molar refractivity (Wildman–Crippen MR) is 69.1 cm³/mol. The minimum absolute atomic E-state index is 0.228. The molecule has 1 fully saturated rings. The highest BCUT2D eigenvalue weighted by molar-refractivity contribution is 7.89. The summed E-state index contributed by atoms with van der Waals surface area (Å²) < 4.78 is 26.4. The molecule has 0 amide bonds. The smallest absolute Gasteiger partial charge is 0.243 e. The summed E-state index contributed by atoms with van der Waals surface area (Å²) in [5.74, 6) is 6.35. The van der Waals surface area contributed by atoms with Crippen LogP contribution in [-0.4, -0.2) is 30.8 Å². The van der Waals surface area contributed by atoms with Gasteiger partial charge in [-0.2, -0.15) is 4.31 Å². The molecule has 0 radical (unpaired) electrons. The van der Waals surface area contributed by atoms with Crippen LogP contribution in [0.4, 0.5) is 5.82 Å². The van der Waals surface area contributed by atoms with Crippen LogP contribution in [0.25, 0.3) is 0 Å². The molecule has 18 heavy (non-hydrogen) atoms. The van der Waals surface area contributed by atoms with E-state index in [9.17, 15) is 8.42 Å². The van der Waals surface area contributed by atoms with Crippen LogP contribution in [0, 0.1) is 11.8 Å². The maximum absolute atomic E-state index is 12.4. The van der Waals surface area contributed by atoms with E-state index >= 15 is 0 Å². The number of rotatable bonds is 3. The fraction of sp³-hybridized carbons (Fsp3) is 0.545. The summed E-state index contributed by atoms with van der Waals surface area (Å²) in [6.07, 6.45) is 1.44. The fourth-order valence-corrected chi connectivity index (χ4v) is 3.73. The Bertz CT molecular complexity index is 522. The third-order valence-electron chi connectivity index (χ3n) is 3.47. The molecule has 0 bridgehead atoms. The van der Waals surface area contributed by atoms with Crippen LogP contribution in [0.5, 0.6) is 0 Å². The Kier molecular flexibility index (Phi) is 3.56. The van der Waals surface area contributed by atoms with Crippen molar-refractivity contribution in [2.24, 2.45) is 17.7 Å². The van der Waals surface area contributed by atoms with Gasteiger partial charge in [-0.1, -0.05) is 13.8 Å². The van der Waals surface area contributed by atoms with Crippen LogP contribution in [0.3, 0.4) is 0 Å². The van der Waals surface area contributed by atoms with E-state index in [0.717, 1.165) is 0 Å². The largest absolute Gasteiger partial charge is 0.308 e. The lowest BCUT2D eigenvalue weighted by Gasteiger charge is -2.16. The number of hydrogen-bond acceptors (Lipinski definition) is 5. The Balaban J connectivity index is 2.31. The molecule has 100 valence electrons. The van der Waals surface area contributed by atoms with E-state index < -0.39 is 10.0 Å². The Morgan fingerprint density at radius 2 is 2.00 bits per heavy atom. The second-order valence-corrected chi connectivity index (χ2v) is 6.74. The molecule has 0 spiro atoms. The molecule has 0 saturated carbocycles. The molecule has 7 heteroatoms. The molecule has 3 N–H and O–H groups in total. The number of nitrogens with two attached hydrogens (primary N) is 1. The minimum Gasteiger partial charge on any atom is -0.308 e. The summed E-state index contributed by atoms with van der Waals surface area (Å²) in [7, 11) is -3.44. The fourth-order valence-electron chi connectivity index (χ4n) is 2.07. The van der Waals surface area contributed by atoms with Crippen LogP contribution in [0.1, 0.15) is 13.8 Å². The average molecular weight is 270 g/mol. The molecule has 2 atom stereocenters. The number of anilines is 1. The first-order chi connectivity index (χ1) is 8.45. The van der Waals surface area contributed by atoms with Gasteiger partial charge < -0.3 is 5.43 Å². The molecular formula is C11H18N4O2S. The van der Waals surface area contributed by atoms with Crippen molar-refractivity contribution in [1.82, 2.24) is 9.29 Å². The summed E-state index contributed by atoms with van der Waals surface area (Å²) in [6, 6.07) is 2.94.